The van der Waals surface area contributed by atoms with Crippen LogP contribution >= 0.6 is 0 Å². The van der Waals surface area contributed by atoms with Gasteiger partial charge in [0, 0.05) is 5.57 Å². The highest BCUT2D eigenvalue weighted by Crippen LogP contribution is 2.12. The molecule has 0 aromatic rings. The molecule has 0 aromatic carbocycles. The van der Waals surface area contributed by atoms with Crippen LogP contribution in [-0.4, -0.2) is 11.1 Å². The van der Waals surface area contributed by atoms with Crippen molar-refractivity contribution in [3.8, 4) is 0 Å². The first-order valence-corrected chi connectivity index (χ1v) is 6.68. The largest absolute Gasteiger partial charge is 0.478 e. The van der Waals surface area contributed by atoms with Crippen LogP contribution in [0.1, 0.15) is 59.8 Å². The summed E-state index contributed by atoms with van der Waals surface area (Å²) in [7, 11) is 0. The smallest absolute Gasteiger partial charge is 0.331 e. The summed E-state index contributed by atoms with van der Waals surface area (Å²) in [6, 6.07) is 0. The van der Waals surface area contributed by atoms with Crippen molar-refractivity contribution < 1.29 is 9.90 Å². The van der Waals surface area contributed by atoms with Crippen molar-refractivity contribution in [2.24, 2.45) is 0 Å². The molecule has 0 atom stereocenters. The minimum Gasteiger partial charge on any atom is -0.478 e. The summed E-state index contributed by atoms with van der Waals surface area (Å²) in [6.45, 7) is 8.29. The Kier molecular flexibility index (Phi) is 8.99. The van der Waals surface area contributed by atoms with Crippen LogP contribution in [0.3, 0.4) is 0 Å². The van der Waals surface area contributed by atoms with Crippen molar-refractivity contribution in [2.45, 2.75) is 59.8 Å². The Morgan fingerprint density at radius 1 is 1.00 bits per heavy atom. The number of hydrogen-bond acceptors (Lipinski definition) is 1. The number of allylic oxidation sites excluding steroid dienone is 5. The summed E-state index contributed by atoms with van der Waals surface area (Å²) >= 11 is 0. The lowest BCUT2D eigenvalue weighted by atomic mass is 10.1. The molecule has 1 N–H and O–H groups in total. The molecule has 0 rings (SSSR count). The van der Waals surface area contributed by atoms with E-state index in [2.05, 4.69) is 32.9 Å². The zero-order chi connectivity index (χ0) is 14.0. The number of rotatable bonds is 8. The number of aliphatic carboxylic acids is 1. The zero-order valence-electron chi connectivity index (χ0n) is 12.1. The summed E-state index contributed by atoms with van der Waals surface area (Å²) in [5, 5.41) is 8.98. The minimum absolute atomic E-state index is 0.533. The van der Waals surface area contributed by atoms with Gasteiger partial charge in [-0.3, -0.25) is 0 Å². The summed E-state index contributed by atoms with van der Waals surface area (Å²) in [6.07, 6.45) is 10.6. The molecule has 0 saturated heterocycles. The number of carboxylic acid groups (broad SMARTS) is 1. The quantitative estimate of drug-likeness (QED) is 0.492. The van der Waals surface area contributed by atoms with Gasteiger partial charge in [-0.15, -0.1) is 0 Å². The third-order valence-electron chi connectivity index (χ3n) is 2.72. The molecule has 0 amide bonds. The first-order chi connectivity index (χ1) is 8.47. The van der Waals surface area contributed by atoms with Gasteiger partial charge in [0.2, 0.25) is 0 Å². The maximum absolute atomic E-state index is 10.9. The fraction of sp³-hybridized carbons (Fsp3) is 0.562. The molecule has 0 aliphatic rings. The van der Waals surface area contributed by atoms with Crippen molar-refractivity contribution in [2.75, 3.05) is 0 Å². The zero-order valence-corrected chi connectivity index (χ0v) is 12.1. The van der Waals surface area contributed by atoms with Crippen molar-refractivity contribution in [3.63, 3.8) is 0 Å². The van der Waals surface area contributed by atoms with Crippen LogP contribution in [0.15, 0.2) is 34.9 Å². The van der Waals surface area contributed by atoms with E-state index in [1.807, 2.05) is 6.92 Å². The van der Waals surface area contributed by atoms with Crippen LogP contribution in [-0.2, 0) is 4.79 Å². The summed E-state index contributed by atoms with van der Waals surface area (Å²) in [5.74, 6) is -0.785. The van der Waals surface area contributed by atoms with Gasteiger partial charge in [-0.05, 0) is 52.9 Å². The molecule has 0 aromatic heterocycles. The molecule has 0 heterocycles. The average molecular weight is 250 g/mol. The Morgan fingerprint density at radius 3 is 2.11 bits per heavy atom. The molecule has 18 heavy (non-hydrogen) atoms. The average Bonchev–Trinajstić information content (AvgIpc) is 2.27. The van der Waals surface area contributed by atoms with Gasteiger partial charge in [-0.25, -0.2) is 4.79 Å². The molecule has 2 heteroatoms. The summed E-state index contributed by atoms with van der Waals surface area (Å²) in [5.41, 5.74) is 3.22. The SMILES string of the molecule is CCC=C(CCC=C(C)CCC=C(C)C)C(=O)O. The highest BCUT2D eigenvalue weighted by Gasteiger charge is 2.04. The van der Waals surface area contributed by atoms with Crippen molar-refractivity contribution in [3.05, 3.63) is 34.9 Å². The number of carboxylic acids is 1. The van der Waals surface area contributed by atoms with Crippen LogP contribution in [0.4, 0.5) is 0 Å². The fourth-order valence-corrected chi connectivity index (χ4v) is 1.71. The molecule has 0 spiro atoms. The first kappa shape index (κ1) is 16.7. The Balaban J connectivity index is 4.10. The predicted molar refractivity (Wildman–Crippen MR) is 77.7 cm³/mol. The third-order valence-corrected chi connectivity index (χ3v) is 2.72. The normalized spacial score (nSPS) is 12.4. The second-order valence-corrected chi connectivity index (χ2v) is 4.85. The second-order valence-electron chi connectivity index (χ2n) is 4.85. The molecule has 0 radical (unpaired) electrons. The Bertz CT molecular complexity index is 342. The lowest BCUT2D eigenvalue weighted by Crippen LogP contribution is -2.00. The lowest BCUT2D eigenvalue weighted by molar-refractivity contribution is -0.132. The molecule has 0 aliphatic carbocycles. The van der Waals surface area contributed by atoms with E-state index >= 15 is 0 Å². The van der Waals surface area contributed by atoms with Gasteiger partial charge in [0.25, 0.3) is 0 Å². The molecule has 0 aliphatic heterocycles. The van der Waals surface area contributed by atoms with E-state index in [1.165, 1.54) is 11.1 Å². The van der Waals surface area contributed by atoms with E-state index in [0.717, 1.165) is 25.7 Å². The summed E-state index contributed by atoms with van der Waals surface area (Å²) < 4.78 is 0. The van der Waals surface area contributed by atoms with Crippen molar-refractivity contribution in [1.29, 1.82) is 0 Å². The molecule has 102 valence electrons. The molecule has 2 nitrogen and oxygen atoms in total. The van der Waals surface area contributed by atoms with E-state index in [4.69, 9.17) is 5.11 Å². The molecular weight excluding hydrogens is 224 g/mol. The number of carbonyl (C=O) groups is 1. The van der Waals surface area contributed by atoms with E-state index in [-0.39, 0.29) is 0 Å². The molecule has 0 fully saturated rings. The predicted octanol–water partition coefficient (Wildman–Crippen LogP) is 4.88. The van der Waals surface area contributed by atoms with Crippen LogP contribution in [0.25, 0.3) is 0 Å². The minimum atomic E-state index is -0.785. The standard InChI is InChI=1S/C16H26O2/c1-5-8-15(16(17)18)12-7-11-14(4)10-6-9-13(2)3/h8-9,11H,5-7,10,12H2,1-4H3,(H,17,18). The molecule has 0 saturated carbocycles. The van der Waals surface area contributed by atoms with Crippen LogP contribution in [0.2, 0.25) is 0 Å². The second kappa shape index (κ2) is 9.69. The fourth-order valence-electron chi connectivity index (χ4n) is 1.71. The van der Waals surface area contributed by atoms with Crippen LogP contribution in [0, 0.1) is 0 Å². The van der Waals surface area contributed by atoms with Gasteiger partial charge < -0.3 is 5.11 Å². The van der Waals surface area contributed by atoms with Crippen molar-refractivity contribution >= 4 is 5.97 Å². The topological polar surface area (TPSA) is 37.3 Å². The van der Waals surface area contributed by atoms with E-state index in [0.29, 0.717) is 12.0 Å². The van der Waals surface area contributed by atoms with Gasteiger partial charge >= 0.3 is 5.97 Å². The first-order valence-electron chi connectivity index (χ1n) is 6.68. The highest BCUT2D eigenvalue weighted by atomic mass is 16.4. The van der Waals surface area contributed by atoms with Gasteiger partial charge in [0.1, 0.15) is 0 Å². The van der Waals surface area contributed by atoms with Crippen LogP contribution < -0.4 is 0 Å². The Hall–Kier alpha value is -1.31. The highest BCUT2D eigenvalue weighted by molar-refractivity contribution is 5.86. The number of hydrogen-bond donors (Lipinski definition) is 1. The van der Waals surface area contributed by atoms with Crippen molar-refractivity contribution in [1.82, 2.24) is 0 Å². The van der Waals surface area contributed by atoms with Gasteiger partial charge in [-0.1, -0.05) is 36.3 Å². The summed E-state index contributed by atoms with van der Waals surface area (Å²) in [4.78, 5) is 10.9. The monoisotopic (exact) mass is 250 g/mol. The molecule has 0 bridgehead atoms. The molecule has 0 unspecified atom stereocenters. The third kappa shape index (κ3) is 8.80. The van der Waals surface area contributed by atoms with E-state index in [9.17, 15) is 4.79 Å². The Labute approximate surface area is 111 Å². The maximum Gasteiger partial charge on any atom is 0.331 e. The van der Waals surface area contributed by atoms with Crippen LogP contribution in [0.5, 0.6) is 0 Å². The van der Waals surface area contributed by atoms with E-state index < -0.39 is 5.97 Å². The maximum atomic E-state index is 10.9. The van der Waals surface area contributed by atoms with Gasteiger partial charge in [0.15, 0.2) is 0 Å². The van der Waals surface area contributed by atoms with Gasteiger partial charge in [0.05, 0.1) is 0 Å². The Morgan fingerprint density at radius 2 is 1.61 bits per heavy atom. The van der Waals surface area contributed by atoms with Gasteiger partial charge in [-0.2, -0.15) is 0 Å². The lowest BCUT2D eigenvalue weighted by Gasteiger charge is -2.01. The molecular formula is C16H26O2. The van der Waals surface area contributed by atoms with E-state index in [1.54, 1.807) is 6.08 Å².